The molecule has 21 heavy (non-hydrogen) atoms. The van der Waals surface area contributed by atoms with E-state index in [1.807, 2.05) is 0 Å². The number of morpholine rings is 1. The van der Waals surface area contributed by atoms with Gasteiger partial charge in [-0.1, -0.05) is 18.2 Å². The van der Waals surface area contributed by atoms with Crippen LogP contribution in [0.2, 0.25) is 0 Å². The number of para-hydroxylation sites is 1. The van der Waals surface area contributed by atoms with E-state index in [-0.39, 0.29) is 6.54 Å². The zero-order valence-electron chi connectivity index (χ0n) is 11.5. The summed E-state index contributed by atoms with van der Waals surface area (Å²) in [5, 5.41) is 2.39. The van der Waals surface area contributed by atoms with Crippen LogP contribution < -0.4 is 10.2 Å². The highest BCUT2D eigenvalue weighted by atomic mass is 16.5. The third-order valence-electron chi connectivity index (χ3n) is 3.03. The molecule has 1 saturated heterocycles. The zero-order valence-corrected chi connectivity index (χ0v) is 11.5. The maximum atomic E-state index is 12.6. The molecule has 1 aliphatic heterocycles. The molecule has 0 aliphatic carbocycles. The fourth-order valence-corrected chi connectivity index (χ4v) is 2.00. The molecule has 0 saturated carbocycles. The van der Waals surface area contributed by atoms with Gasteiger partial charge in [-0.15, -0.1) is 0 Å². The van der Waals surface area contributed by atoms with E-state index >= 15 is 0 Å². The van der Waals surface area contributed by atoms with Crippen molar-refractivity contribution in [1.82, 2.24) is 10.2 Å². The lowest BCUT2D eigenvalue weighted by molar-refractivity contribution is -0.107. The summed E-state index contributed by atoms with van der Waals surface area (Å²) in [5.41, 5.74) is 0.456. The summed E-state index contributed by atoms with van der Waals surface area (Å²) < 4.78 is 5.20. The van der Waals surface area contributed by atoms with E-state index in [0.29, 0.717) is 38.3 Å². The molecule has 112 valence electrons. The first-order chi connectivity index (χ1) is 10.2. The fourth-order valence-electron chi connectivity index (χ4n) is 2.00. The molecule has 0 unspecified atom stereocenters. The smallest absolute Gasteiger partial charge is 0.332 e. The van der Waals surface area contributed by atoms with Crippen LogP contribution in [-0.2, 0) is 9.53 Å². The Morgan fingerprint density at radius 2 is 1.90 bits per heavy atom. The highest BCUT2D eigenvalue weighted by molar-refractivity contribution is 6.13. The number of nitrogens with one attached hydrogen (secondary N) is 1. The topological polar surface area (TPSA) is 79.0 Å². The predicted molar refractivity (Wildman–Crippen MR) is 76.2 cm³/mol. The normalized spacial score (nSPS) is 14.4. The zero-order chi connectivity index (χ0) is 15.1. The molecule has 0 aromatic heterocycles. The standard InChI is InChI=1S/C14H17N3O4/c18-9-6-15-13(19)17(12-4-2-1-3-5-12)14(20)16-7-10-21-11-8-16/h1-5,9H,6-8,10-11H2,(H,15,19). The van der Waals surface area contributed by atoms with Crippen LogP contribution in [0.3, 0.4) is 0 Å². The van der Waals surface area contributed by atoms with Crippen molar-refractivity contribution >= 4 is 24.0 Å². The third kappa shape index (κ3) is 3.79. The molecule has 4 amide bonds. The largest absolute Gasteiger partial charge is 0.378 e. The van der Waals surface area contributed by atoms with Crippen molar-refractivity contribution in [2.75, 3.05) is 37.7 Å². The van der Waals surface area contributed by atoms with E-state index in [2.05, 4.69) is 5.32 Å². The van der Waals surface area contributed by atoms with Crippen molar-refractivity contribution < 1.29 is 19.1 Å². The minimum atomic E-state index is -0.621. The lowest BCUT2D eigenvalue weighted by Gasteiger charge is -2.31. The van der Waals surface area contributed by atoms with Gasteiger partial charge in [0, 0.05) is 13.1 Å². The first-order valence-electron chi connectivity index (χ1n) is 6.67. The van der Waals surface area contributed by atoms with Crippen LogP contribution in [-0.4, -0.2) is 56.1 Å². The van der Waals surface area contributed by atoms with Crippen LogP contribution in [0.1, 0.15) is 0 Å². The Morgan fingerprint density at radius 3 is 2.52 bits per heavy atom. The first kappa shape index (κ1) is 15.0. The second-order valence-corrected chi connectivity index (χ2v) is 4.41. The number of carbonyl (C=O) groups is 3. The Bertz CT molecular complexity index is 500. The quantitative estimate of drug-likeness (QED) is 0.838. The van der Waals surface area contributed by atoms with Gasteiger partial charge in [-0.25, -0.2) is 14.5 Å². The number of hydrogen-bond donors (Lipinski definition) is 1. The predicted octanol–water partition coefficient (Wildman–Crippen LogP) is 0.854. The number of imide groups is 1. The minimum absolute atomic E-state index is 0.140. The molecule has 0 atom stereocenters. The van der Waals surface area contributed by atoms with E-state index in [1.165, 1.54) is 0 Å². The van der Waals surface area contributed by atoms with E-state index in [1.54, 1.807) is 35.2 Å². The van der Waals surface area contributed by atoms with Crippen molar-refractivity contribution in [1.29, 1.82) is 0 Å². The summed E-state index contributed by atoms with van der Waals surface area (Å²) in [6.07, 6.45) is 0.570. The number of anilines is 1. The lowest BCUT2D eigenvalue weighted by Crippen LogP contribution is -2.53. The van der Waals surface area contributed by atoms with Crippen LogP contribution in [0.25, 0.3) is 0 Å². The van der Waals surface area contributed by atoms with Gasteiger partial charge in [-0.2, -0.15) is 0 Å². The summed E-state index contributed by atoms with van der Waals surface area (Å²) in [4.78, 5) is 37.7. The molecule has 2 rings (SSSR count). The van der Waals surface area contributed by atoms with Crippen LogP contribution in [0.4, 0.5) is 15.3 Å². The van der Waals surface area contributed by atoms with E-state index in [9.17, 15) is 14.4 Å². The Hall–Kier alpha value is -2.41. The van der Waals surface area contributed by atoms with E-state index < -0.39 is 12.1 Å². The SMILES string of the molecule is O=CCNC(=O)N(C(=O)N1CCOCC1)c1ccccc1. The fraction of sp³-hybridized carbons (Fsp3) is 0.357. The Morgan fingerprint density at radius 1 is 1.24 bits per heavy atom. The highest BCUT2D eigenvalue weighted by Gasteiger charge is 2.28. The number of ether oxygens (including phenoxy) is 1. The molecule has 1 N–H and O–H groups in total. The molecule has 0 spiro atoms. The number of carbonyl (C=O) groups excluding carboxylic acids is 3. The molecule has 0 radical (unpaired) electrons. The molecule has 1 fully saturated rings. The van der Waals surface area contributed by atoms with Gasteiger partial charge in [-0.3, -0.25) is 0 Å². The number of hydrogen-bond acceptors (Lipinski definition) is 4. The Labute approximate surface area is 122 Å². The number of benzene rings is 1. The van der Waals surface area contributed by atoms with E-state index in [0.717, 1.165) is 4.90 Å². The van der Waals surface area contributed by atoms with Gasteiger partial charge in [0.05, 0.1) is 25.4 Å². The van der Waals surface area contributed by atoms with Crippen molar-refractivity contribution in [2.24, 2.45) is 0 Å². The van der Waals surface area contributed by atoms with Gasteiger partial charge < -0.3 is 19.7 Å². The number of amides is 4. The number of nitrogens with zero attached hydrogens (tertiary/aromatic N) is 2. The van der Waals surface area contributed by atoms with Gasteiger partial charge in [0.2, 0.25) is 0 Å². The van der Waals surface area contributed by atoms with Gasteiger partial charge in [0.15, 0.2) is 0 Å². The average Bonchev–Trinajstić information content (AvgIpc) is 2.55. The maximum absolute atomic E-state index is 12.6. The summed E-state index contributed by atoms with van der Waals surface area (Å²) >= 11 is 0. The molecular weight excluding hydrogens is 274 g/mol. The minimum Gasteiger partial charge on any atom is -0.378 e. The van der Waals surface area contributed by atoms with Crippen molar-refractivity contribution in [3.63, 3.8) is 0 Å². The van der Waals surface area contributed by atoms with Crippen molar-refractivity contribution in [3.8, 4) is 0 Å². The van der Waals surface area contributed by atoms with Gasteiger partial charge in [0.1, 0.15) is 6.29 Å². The monoisotopic (exact) mass is 291 g/mol. The molecule has 0 bridgehead atoms. The number of aldehydes is 1. The van der Waals surface area contributed by atoms with Crippen molar-refractivity contribution in [3.05, 3.63) is 30.3 Å². The highest BCUT2D eigenvalue weighted by Crippen LogP contribution is 2.16. The van der Waals surface area contributed by atoms with Crippen LogP contribution >= 0.6 is 0 Å². The summed E-state index contributed by atoms with van der Waals surface area (Å²) in [7, 11) is 0. The van der Waals surface area contributed by atoms with Crippen LogP contribution in [0, 0.1) is 0 Å². The summed E-state index contributed by atoms with van der Waals surface area (Å²) in [5.74, 6) is 0. The second-order valence-electron chi connectivity index (χ2n) is 4.41. The molecule has 1 aromatic rings. The summed E-state index contributed by atoms with van der Waals surface area (Å²) in [6.45, 7) is 1.62. The number of rotatable bonds is 3. The lowest BCUT2D eigenvalue weighted by atomic mass is 10.3. The second kappa shape index (κ2) is 7.39. The van der Waals surface area contributed by atoms with Gasteiger partial charge in [-0.05, 0) is 12.1 Å². The molecule has 1 aromatic carbocycles. The molecule has 1 aliphatic rings. The molecular formula is C14H17N3O4. The first-order valence-corrected chi connectivity index (χ1v) is 6.67. The van der Waals surface area contributed by atoms with Crippen molar-refractivity contribution in [2.45, 2.75) is 0 Å². The van der Waals surface area contributed by atoms with E-state index in [4.69, 9.17) is 4.74 Å². The average molecular weight is 291 g/mol. The molecule has 7 heteroatoms. The summed E-state index contributed by atoms with van der Waals surface area (Å²) in [6, 6.07) is 7.56. The van der Waals surface area contributed by atoms with Crippen LogP contribution in [0.5, 0.6) is 0 Å². The van der Waals surface area contributed by atoms with Crippen LogP contribution in [0.15, 0.2) is 30.3 Å². The Balaban J connectivity index is 2.20. The molecule has 1 heterocycles. The van der Waals surface area contributed by atoms with Gasteiger partial charge >= 0.3 is 12.1 Å². The third-order valence-corrected chi connectivity index (χ3v) is 3.03. The van der Waals surface area contributed by atoms with Gasteiger partial charge in [0.25, 0.3) is 0 Å². The number of urea groups is 2. The Kier molecular flexibility index (Phi) is 5.28. The maximum Gasteiger partial charge on any atom is 0.332 e. The molecule has 7 nitrogen and oxygen atoms in total.